The second kappa shape index (κ2) is 8.19. The highest BCUT2D eigenvalue weighted by molar-refractivity contribution is 6.30. The lowest BCUT2D eigenvalue weighted by molar-refractivity contribution is -0.146. The first-order valence-electron chi connectivity index (χ1n) is 9.22. The van der Waals surface area contributed by atoms with Crippen molar-refractivity contribution in [2.75, 3.05) is 13.1 Å². The van der Waals surface area contributed by atoms with Gasteiger partial charge in [-0.15, -0.1) is 0 Å². The molecule has 0 N–H and O–H groups in total. The maximum absolute atomic E-state index is 12.6. The van der Waals surface area contributed by atoms with Crippen LogP contribution < -0.4 is 4.74 Å². The number of rotatable bonds is 6. The van der Waals surface area contributed by atoms with Gasteiger partial charge in [0.2, 0.25) is 11.8 Å². The maximum Gasteiger partial charge on any atom is 0.225 e. The highest BCUT2D eigenvalue weighted by Gasteiger charge is 2.37. The Balaban J connectivity index is 1.38. The molecule has 0 atom stereocenters. The number of unbranched alkanes of at least 4 members (excludes halogenated alkanes) is 1. The number of pyridine rings is 1. The Labute approximate surface area is 149 Å². The molecule has 24 heavy (non-hydrogen) atoms. The molecule has 1 amide bonds. The van der Waals surface area contributed by atoms with Crippen LogP contribution in [0.1, 0.15) is 51.9 Å². The molecule has 0 spiro atoms. The molecular weight excluding hydrogens is 324 g/mol. The molecule has 1 aliphatic carbocycles. The van der Waals surface area contributed by atoms with Crippen molar-refractivity contribution in [3.8, 4) is 5.88 Å². The van der Waals surface area contributed by atoms with Crippen LogP contribution in [-0.4, -0.2) is 35.0 Å². The van der Waals surface area contributed by atoms with Crippen LogP contribution in [0.2, 0.25) is 5.02 Å². The standard InChI is InChI=1S/C19H27ClN2O2/c1-2-3-4-14-5-7-15(8-6-14)19(23)22-12-17(13-22)24-18-10-9-16(20)11-21-18/h9-11,14-15,17H,2-8,12-13H2,1H3. The van der Waals surface area contributed by atoms with Crippen molar-refractivity contribution in [1.29, 1.82) is 0 Å². The molecule has 2 aliphatic rings. The fraction of sp³-hybridized carbons (Fsp3) is 0.684. The van der Waals surface area contributed by atoms with E-state index in [1.54, 1.807) is 18.3 Å². The summed E-state index contributed by atoms with van der Waals surface area (Å²) in [5, 5.41) is 0.599. The summed E-state index contributed by atoms with van der Waals surface area (Å²) in [4.78, 5) is 18.7. The van der Waals surface area contributed by atoms with E-state index in [9.17, 15) is 4.79 Å². The van der Waals surface area contributed by atoms with Crippen LogP contribution in [0, 0.1) is 11.8 Å². The lowest BCUT2D eigenvalue weighted by Crippen LogP contribution is -2.57. The summed E-state index contributed by atoms with van der Waals surface area (Å²) in [5.74, 6) is 1.98. The van der Waals surface area contributed by atoms with Crippen LogP contribution in [0.5, 0.6) is 5.88 Å². The molecule has 0 aromatic carbocycles. The summed E-state index contributed by atoms with van der Waals surface area (Å²) in [7, 11) is 0. The van der Waals surface area contributed by atoms with Gasteiger partial charge in [-0.25, -0.2) is 4.98 Å². The van der Waals surface area contributed by atoms with Crippen LogP contribution in [0.4, 0.5) is 0 Å². The number of hydrogen-bond donors (Lipinski definition) is 0. The minimum absolute atomic E-state index is 0.0588. The fourth-order valence-corrected chi connectivity index (χ4v) is 3.86. The van der Waals surface area contributed by atoms with Gasteiger partial charge in [0.25, 0.3) is 0 Å². The molecule has 0 radical (unpaired) electrons. The van der Waals surface area contributed by atoms with E-state index in [1.807, 2.05) is 4.90 Å². The number of nitrogens with zero attached hydrogens (tertiary/aromatic N) is 2. The van der Waals surface area contributed by atoms with Crippen molar-refractivity contribution in [2.24, 2.45) is 11.8 Å². The van der Waals surface area contributed by atoms with E-state index in [1.165, 1.54) is 32.1 Å². The van der Waals surface area contributed by atoms with Crippen LogP contribution in [0.3, 0.4) is 0 Å². The molecule has 1 aliphatic heterocycles. The predicted molar refractivity (Wildman–Crippen MR) is 95.2 cm³/mol. The zero-order valence-corrected chi connectivity index (χ0v) is 15.2. The molecule has 1 aromatic heterocycles. The summed E-state index contributed by atoms with van der Waals surface area (Å²) in [6.07, 6.45) is 10.1. The minimum Gasteiger partial charge on any atom is -0.471 e. The van der Waals surface area contributed by atoms with Crippen molar-refractivity contribution in [3.63, 3.8) is 0 Å². The van der Waals surface area contributed by atoms with Crippen molar-refractivity contribution >= 4 is 17.5 Å². The summed E-state index contributed by atoms with van der Waals surface area (Å²) < 4.78 is 5.77. The van der Waals surface area contributed by atoms with E-state index in [2.05, 4.69) is 11.9 Å². The number of ether oxygens (including phenoxy) is 1. The number of aromatic nitrogens is 1. The predicted octanol–water partition coefficient (Wildman–Crippen LogP) is 4.32. The van der Waals surface area contributed by atoms with Crippen molar-refractivity contribution in [2.45, 2.75) is 58.0 Å². The Kier molecular flexibility index (Phi) is 5.99. The minimum atomic E-state index is 0.0588. The van der Waals surface area contributed by atoms with E-state index in [4.69, 9.17) is 16.3 Å². The second-order valence-electron chi connectivity index (χ2n) is 7.16. The summed E-state index contributed by atoms with van der Waals surface area (Å²) in [5.41, 5.74) is 0. The van der Waals surface area contributed by atoms with Crippen LogP contribution in [0.25, 0.3) is 0 Å². The zero-order chi connectivity index (χ0) is 16.9. The maximum atomic E-state index is 12.6. The van der Waals surface area contributed by atoms with E-state index in [-0.39, 0.29) is 12.0 Å². The van der Waals surface area contributed by atoms with Crippen molar-refractivity contribution < 1.29 is 9.53 Å². The summed E-state index contributed by atoms with van der Waals surface area (Å²) in [6, 6.07) is 3.53. The second-order valence-corrected chi connectivity index (χ2v) is 7.59. The molecule has 2 fully saturated rings. The first-order valence-corrected chi connectivity index (χ1v) is 9.60. The van der Waals surface area contributed by atoms with Gasteiger partial charge in [0, 0.05) is 18.2 Å². The molecule has 1 aromatic rings. The number of carbonyl (C=O) groups is 1. The van der Waals surface area contributed by atoms with Gasteiger partial charge in [-0.2, -0.15) is 0 Å². The summed E-state index contributed by atoms with van der Waals surface area (Å²) in [6.45, 7) is 3.61. The van der Waals surface area contributed by atoms with Crippen LogP contribution >= 0.6 is 11.6 Å². The lowest BCUT2D eigenvalue weighted by Gasteiger charge is -2.41. The normalized spacial score (nSPS) is 24.5. The SMILES string of the molecule is CCCCC1CCC(C(=O)N2CC(Oc3ccc(Cl)cn3)C2)CC1. The molecule has 0 bridgehead atoms. The molecule has 4 nitrogen and oxygen atoms in total. The molecular formula is C19H27ClN2O2. The monoisotopic (exact) mass is 350 g/mol. The zero-order valence-electron chi connectivity index (χ0n) is 14.4. The van der Waals surface area contributed by atoms with E-state index < -0.39 is 0 Å². The van der Waals surface area contributed by atoms with Gasteiger partial charge < -0.3 is 9.64 Å². The Morgan fingerprint density at radius 2 is 2.04 bits per heavy atom. The Morgan fingerprint density at radius 1 is 1.29 bits per heavy atom. The number of amides is 1. The Bertz CT molecular complexity index is 535. The van der Waals surface area contributed by atoms with E-state index >= 15 is 0 Å². The number of hydrogen-bond acceptors (Lipinski definition) is 3. The molecule has 2 heterocycles. The average Bonchev–Trinajstić information content (AvgIpc) is 2.57. The first kappa shape index (κ1) is 17.5. The third-order valence-corrected chi connectivity index (χ3v) is 5.53. The van der Waals surface area contributed by atoms with Crippen molar-refractivity contribution in [1.82, 2.24) is 9.88 Å². The number of carbonyl (C=O) groups excluding carboxylic acids is 1. The molecule has 132 valence electrons. The average molecular weight is 351 g/mol. The Hall–Kier alpha value is -1.29. The van der Waals surface area contributed by atoms with E-state index in [0.717, 1.165) is 18.8 Å². The van der Waals surface area contributed by atoms with Crippen LogP contribution in [0.15, 0.2) is 18.3 Å². The third-order valence-electron chi connectivity index (χ3n) is 5.31. The molecule has 5 heteroatoms. The quantitative estimate of drug-likeness (QED) is 0.767. The highest BCUT2D eigenvalue weighted by Crippen LogP contribution is 2.33. The molecule has 0 unspecified atom stereocenters. The molecule has 3 rings (SSSR count). The van der Waals surface area contributed by atoms with Gasteiger partial charge in [0.1, 0.15) is 6.10 Å². The third kappa shape index (κ3) is 4.41. The lowest BCUT2D eigenvalue weighted by atomic mass is 9.79. The fourth-order valence-electron chi connectivity index (χ4n) is 3.74. The highest BCUT2D eigenvalue weighted by atomic mass is 35.5. The molecule has 1 saturated heterocycles. The summed E-state index contributed by atoms with van der Waals surface area (Å²) >= 11 is 5.81. The van der Waals surface area contributed by atoms with Crippen LogP contribution in [-0.2, 0) is 4.79 Å². The topological polar surface area (TPSA) is 42.4 Å². The van der Waals surface area contributed by atoms with Gasteiger partial charge in [0.15, 0.2) is 0 Å². The first-order chi connectivity index (χ1) is 11.7. The smallest absolute Gasteiger partial charge is 0.225 e. The molecule has 1 saturated carbocycles. The van der Waals surface area contributed by atoms with Gasteiger partial charge >= 0.3 is 0 Å². The largest absolute Gasteiger partial charge is 0.471 e. The number of likely N-dealkylation sites (tertiary alicyclic amines) is 1. The van der Waals surface area contributed by atoms with Gasteiger partial charge in [-0.05, 0) is 37.7 Å². The number of halogens is 1. The van der Waals surface area contributed by atoms with Gasteiger partial charge in [-0.1, -0.05) is 37.8 Å². The Morgan fingerprint density at radius 3 is 2.67 bits per heavy atom. The van der Waals surface area contributed by atoms with Gasteiger partial charge in [-0.3, -0.25) is 4.79 Å². The van der Waals surface area contributed by atoms with Gasteiger partial charge in [0.05, 0.1) is 18.1 Å². The van der Waals surface area contributed by atoms with Crippen molar-refractivity contribution in [3.05, 3.63) is 23.4 Å². The van der Waals surface area contributed by atoms with E-state index in [0.29, 0.717) is 29.9 Å².